The van der Waals surface area contributed by atoms with E-state index in [1.807, 2.05) is 0 Å². The van der Waals surface area contributed by atoms with E-state index in [1.165, 1.54) is 30.5 Å². The standard InChI is InChI=1S/C36H39F3N7O12P/c1-2-55-59(53,58-24-10-11-24)56-16-4-3-15-54-34(52)25-12-7-21(36(37,38)39)17-27(25)57-28(47)14-13-26(33(50)51)44-31(48)20-5-8-22(9-6-20)41-18-23-19-42-30-29(43-23)32(49)46-35(40)45-30/h5-9,12,17,19,24,26,41H,2-4,10-11,13-16,18H2,1H3,(H,44,48)(H,50,51)(H3,40,42,45,46,49)/t26-,59?/m0/s1. The number of H-pyrrole nitrogens is 1. The number of amides is 1. The van der Waals surface area contributed by atoms with E-state index < -0.39 is 79.1 Å². The molecule has 316 valence electrons. The zero-order valence-electron chi connectivity index (χ0n) is 31.3. The lowest BCUT2D eigenvalue weighted by atomic mass is 10.1. The number of aromatic amines is 1. The molecule has 1 saturated carbocycles. The summed E-state index contributed by atoms with van der Waals surface area (Å²) in [6, 6.07) is 6.02. The van der Waals surface area contributed by atoms with Gasteiger partial charge in [-0.05, 0) is 81.5 Å². The van der Waals surface area contributed by atoms with Crippen LogP contribution in [0.5, 0.6) is 5.75 Å². The molecule has 1 unspecified atom stereocenters. The maximum absolute atomic E-state index is 13.5. The van der Waals surface area contributed by atoms with Crippen molar-refractivity contribution in [2.45, 2.75) is 70.3 Å². The maximum atomic E-state index is 13.5. The molecule has 6 N–H and O–H groups in total. The lowest BCUT2D eigenvalue weighted by Gasteiger charge is -2.17. The number of aliphatic carboxylic acids is 1. The predicted octanol–water partition coefficient (Wildman–Crippen LogP) is 4.77. The molecule has 2 aromatic carbocycles. The van der Waals surface area contributed by atoms with Crippen LogP contribution in [0.4, 0.5) is 24.8 Å². The molecule has 23 heteroatoms. The number of carbonyl (C=O) groups is 4. The van der Waals surface area contributed by atoms with Gasteiger partial charge in [-0.3, -0.25) is 32.9 Å². The van der Waals surface area contributed by atoms with Crippen LogP contribution in [0.1, 0.15) is 77.4 Å². The number of nitrogens with zero attached hydrogens (tertiary/aromatic N) is 3. The Morgan fingerprint density at radius 3 is 2.46 bits per heavy atom. The number of nitrogens with one attached hydrogen (secondary N) is 3. The summed E-state index contributed by atoms with van der Waals surface area (Å²) in [6.07, 6.45) is -2.95. The SMILES string of the molecule is CCOP(=O)(OCCCCOC(=O)c1ccc(C(F)(F)F)cc1OC(=O)CC[C@H](NC(=O)c1ccc(NCc2cnc3nc(N)[nH]c(=O)c3n2)cc1)C(=O)O)OC1CC1. The van der Waals surface area contributed by atoms with Crippen LogP contribution < -0.4 is 26.7 Å². The summed E-state index contributed by atoms with van der Waals surface area (Å²) in [4.78, 5) is 77.2. The van der Waals surface area contributed by atoms with Crippen molar-refractivity contribution in [1.29, 1.82) is 0 Å². The first kappa shape index (κ1) is 44.1. The summed E-state index contributed by atoms with van der Waals surface area (Å²) in [7, 11) is -3.74. The summed E-state index contributed by atoms with van der Waals surface area (Å²) in [5, 5.41) is 15.1. The monoisotopic (exact) mass is 849 g/mol. The van der Waals surface area contributed by atoms with Gasteiger partial charge in [0.1, 0.15) is 17.4 Å². The zero-order chi connectivity index (χ0) is 42.7. The summed E-state index contributed by atoms with van der Waals surface area (Å²) in [5.41, 5.74) is 4.25. The van der Waals surface area contributed by atoms with Gasteiger partial charge in [0.05, 0.1) is 49.9 Å². The Kier molecular flexibility index (Phi) is 14.7. The number of carbonyl (C=O) groups excluding carboxylic acids is 3. The van der Waals surface area contributed by atoms with E-state index in [1.54, 1.807) is 6.92 Å². The molecule has 2 aromatic heterocycles. The Labute approximate surface area is 332 Å². The Hall–Kier alpha value is -5.96. The molecule has 1 fully saturated rings. The number of phosphoric acid groups is 1. The number of halogens is 3. The van der Waals surface area contributed by atoms with Gasteiger partial charge in [0, 0.05) is 17.7 Å². The average Bonchev–Trinajstić information content (AvgIpc) is 4.00. The molecular weight excluding hydrogens is 810 g/mol. The van der Waals surface area contributed by atoms with Crippen molar-refractivity contribution in [3.8, 4) is 5.75 Å². The average molecular weight is 850 g/mol. The third-order valence-electron chi connectivity index (χ3n) is 8.21. The third-order valence-corrected chi connectivity index (χ3v) is 9.84. The van der Waals surface area contributed by atoms with Crippen molar-refractivity contribution in [1.82, 2.24) is 25.3 Å². The second-order valence-electron chi connectivity index (χ2n) is 12.8. The number of carboxylic acids is 1. The molecule has 1 aliphatic carbocycles. The number of nitrogens with two attached hydrogens (primary N) is 1. The third kappa shape index (κ3) is 13.0. The van der Waals surface area contributed by atoms with Gasteiger partial charge in [-0.25, -0.2) is 24.1 Å². The summed E-state index contributed by atoms with van der Waals surface area (Å²) in [6.45, 7) is 1.58. The van der Waals surface area contributed by atoms with E-state index in [0.717, 1.165) is 18.9 Å². The van der Waals surface area contributed by atoms with Crippen molar-refractivity contribution >= 4 is 54.4 Å². The Bertz CT molecular complexity index is 2270. The molecule has 0 bridgehead atoms. The van der Waals surface area contributed by atoms with Crippen LogP contribution in [-0.4, -0.2) is 80.8 Å². The number of phosphoric ester groups is 1. The maximum Gasteiger partial charge on any atom is 0.475 e. The van der Waals surface area contributed by atoms with E-state index in [4.69, 9.17) is 28.8 Å². The van der Waals surface area contributed by atoms with Crippen molar-refractivity contribution in [2.24, 2.45) is 0 Å². The Balaban J connectivity index is 1.12. The van der Waals surface area contributed by atoms with Gasteiger partial charge in [0.2, 0.25) is 5.95 Å². The minimum absolute atomic E-state index is 0.00817. The number of carboxylic acid groups (broad SMARTS) is 1. The predicted molar refractivity (Wildman–Crippen MR) is 200 cm³/mol. The molecule has 59 heavy (non-hydrogen) atoms. The number of hydrogen-bond donors (Lipinski definition) is 5. The number of esters is 2. The number of unbranched alkanes of at least 4 members (excludes halogenated alkanes) is 1. The molecule has 1 amide bonds. The normalized spacial score (nSPS) is 14.2. The number of aromatic nitrogens is 4. The van der Waals surface area contributed by atoms with Crippen LogP contribution in [0.15, 0.2) is 53.5 Å². The largest absolute Gasteiger partial charge is 0.480 e. The molecule has 0 radical (unpaired) electrons. The van der Waals surface area contributed by atoms with E-state index in [9.17, 15) is 46.8 Å². The first-order chi connectivity index (χ1) is 28.0. The molecule has 1 aliphatic rings. The number of nitrogen functional groups attached to an aromatic ring is 1. The summed E-state index contributed by atoms with van der Waals surface area (Å²) < 4.78 is 79.2. The van der Waals surface area contributed by atoms with Crippen molar-refractivity contribution < 1.29 is 65.1 Å². The first-order valence-corrected chi connectivity index (χ1v) is 19.5. The van der Waals surface area contributed by atoms with Gasteiger partial charge >= 0.3 is 31.9 Å². The van der Waals surface area contributed by atoms with Crippen LogP contribution in [-0.2, 0) is 45.2 Å². The van der Waals surface area contributed by atoms with Gasteiger partial charge in [-0.1, -0.05) is 0 Å². The lowest BCUT2D eigenvalue weighted by molar-refractivity contribution is -0.141. The van der Waals surface area contributed by atoms with Crippen LogP contribution in [0.3, 0.4) is 0 Å². The zero-order valence-corrected chi connectivity index (χ0v) is 32.2. The minimum Gasteiger partial charge on any atom is -0.480 e. The van der Waals surface area contributed by atoms with Gasteiger partial charge in [-0.2, -0.15) is 18.2 Å². The molecular formula is C36H39F3N7O12P. The highest BCUT2D eigenvalue weighted by Gasteiger charge is 2.36. The highest BCUT2D eigenvalue weighted by atomic mass is 31.2. The van der Waals surface area contributed by atoms with Crippen molar-refractivity contribution in [3.05, 3.63) is 81.4 Å². The lowest BCUT2D eigenvalue weighted by Crippen LogP contribution is -2.41. The number of alkyl halides is 3. The van der Waals surface area contributed by atoms with E-state index in [2.05, 4.69) is 30.6 Å². The van der Waals surface area contributed by atoms with Gasteiger partial charge in [0.25, 0.3) is 11.5 Å². The second kappa shape index (κ2) is 19.7. The molecule has 0 spiro atoms. The number of benzene rings is 2. The van der Waals surface area contributed by atoms with E-state index >= 15 is 0 Å². The molecule has 4 aromatic rings. The van der Waals surface area contributed by atoms with E-state index in [-0.39, 0.29) is 68.0 Å². The number of rotatable bonds is 21. The Morgan fingerprint density at radius 2 is 1.78 bits per heavy atom. The second-order valence-corrected chi connectivity index (χ2v) is 14.5. The van der Waals surface area contributed by atoms with Gasteiger partial charge in [0.15, 0.2) is 11.2 Å². The van der Waals surface area contributed by atoms with Crippen molar-refractivity contribution in [3.63, 3.8) is 0 Å². The highest BCUT2D eigenvalue weighted by molar-refractivity contribution is 7.48. The van der Waals surface area contributed by atoms with E-state index in [0.29, 0.717) is 23.5 Å². The van der Waals surface area contributed by atoms with Gasteiger partial charge < -0.3 is 30.9 Å². The molecule has 2 atom stereocenters. The molecule has 0 saturated heterocycles. The summed E-state index contributed by atoms with van der Waals surface area (Å²) in [5.74, 6) is -5.51. The van der Waals surface area contributed by atoms with Crippen LogP contribution in [0.25, 0.3) is 11.2 Å². The summed E-state index contributed by atoms with van der Waals surface area (Å²) >= 11 is 0. The van der Waals surface area contributed by atoms with Crippen LogP contribution >= 0.6 is 7.82 Å². The fourth-order valence-corrected chi connectivity index (χ4v) is 6.55. The first-order valence-electron chi connectivity index (χ1n) is 18.1. The smallest absolute Gasteiger partial charge is 0.475 e. The van der Waals surface area contributed by atoms with Gasteiger partial charge in [-0.15, -0.1) is 0 Å². The fourth-order valence-electron chi connectivity index (χ4n) is 5.11. The topological polar surface area (TPSA) is 273 Å². The molecule has 19 nitrogen and oxygen atoms in total. The number of ether oxygens (including phenoxy) is 2. The van der Waals surface area contributed by atoms with Crippen LogP contribution in [0, 0.1) is 0 Å². The highest BCUT2D eigenvalue weighted by Crippen LogP contribution is 2.54. The molecule has 2 heterocycles. The van der Waals surface area contributed by atoms with Crippen molar-refractivity contribution in [2.75, 3.05) is 30.9 Å². The minimum atomic E-state index is -4.87. The quantitative estimate of drug-likeness (QED) is 0.0327. The number of anilines is 2. The number of fused-ring (bicyclic) bond motifs is 1. The fraction of sp³-hybridized carbons (Fsp3) is 0.389. The molecule has 5 rings (SSSR count). The van der Waals surface area contributed by atoms with Crippen LogP contribution in [0.2, 0.25) is 0 Å². The molecule has 0 aliphatic heterocycles. The number of hydrogen-bond acceptors (Lipinski definition) is 16. The Morgan fingerprint density at radius 1 is 1.05 bits per heavy atom.